The van der Waals surface area contributed by atoms with Gasteiger partial charge in [0.25, 0.3) is 0 Å². The van der Waals surface area contributed by atoms with E-state index in [1.165, 1.54) is 64.2 Å². The number of hydrogen-bond acceptors (Lipinski definition) is 1. The van der Waals surface area contributed by atoms with E-state index in [1.54, 1.807) is 0 Å². The molecule has 0 saturated carbocycles. The summed E-state index contributed by atoms with van der Waals surface area (Å²) >= 11 is 0. The van der Waals surface area contributed by atoms with Gasteiger partial charge in [0.05, 0.1) is 0 Å². The van der Waals surface area contributed by atoms with Crippen LogP contribution < -0.4 is 0 Å². The van der Waals surface area contributed by atoms with Crippen molar-refractivity contribution in [1.82, 2.24) is 0 Å². The largest absolute Gasteiger partial charge is 0.432 e. The molecule has 0 aliphatic rings. The molecule has 0 saturated heterocycles. The smallest absolute Gasteiger partial charge is 0.182 e. The molecule has 0 aromatic carbocycles. The Morgan fingerprint density at radius 3 is 1.83 bits per heavy atom. The van der Waals surface area contributed by atoms with Crippen LogP contribution in [0.1, 0.15) is 71.1 Å². The first-order chi connectivity index (χ1) is 8.56. The fourth-order valence-corrected chi connectivity index (χ4v) is 3.21. The van der Waals surface area contributed by atoms with Crippen LogP contribution in [0.25, 0.3) is 0 Å². The fourth-order valence-electron chi connectivity index (χ4n) is 2.10. The van der Waals surface area contributed by atoms with Gasteiger partial charge in [0.15, 0.2) is 8.32 Å². The lowest BCUT2D eigenvalue weighted by Gasteiger charge is -2.12. The van der Waals surface area contributed by atoms with Gasteiger partial charge in [-0.3, -0.25) is 0 Å². The number of hydrogen-bond donors (Lipinski definition) is 1. The third-order valence-electron chi connectivity index (χ3n) is 3.30. The predicted octanol–water partition coefficient (Wildman–Crippen LogP) is 5.66. The summed E-state index contributed by atoms with van der Waals surface area (Å²) in [4.78, 5) is 9.70. The minimum atomic E-state index is -1.78. The summed E-state index contributed by atoms with van der Waals surface area (Å²) in [5.74, 6) is 0. The highest BCUT2D eigenvalue weighted by Gasteiger charge is 2.14. The lowest BCUT2D eigenvalue weighted by Crippen LogP contribution is -2.23. The molecule has 0 aliphatic carbocycles. The van der Waals surface area contributed by atoms with E-state index in [1.807, 2.05) is 13.1 Å². The number of allylic oxidation sites excluding steroid dienone is 2. The van der Waals surface area contributed by atoms with Crippen LogP contribution in [0.5, 0.6) is 0 Å². The lowest BCUT2D eigenvalue weighted by molar-refractivity contribution is 0.541. The first-order valence-corrected chi connectivity index (χ1v) is 11.1. The second-order valence-electron chi connectivity index (χ2n) is 6.09. The molecule has 2 heteroatoms. The summed E-state index contributed by atoms with van der Waals surface area (Å²) < 4.78 is 0. The van der Waals surface area contributed by atoms with Gasteiger partial charge >= 0.3 is 0 Å². The van der Waals surface area contributed by atoms with E-state index in [0.717, 1.165) is 6.04 Å². The quantitative estimate of drug-likeness (QED) is 0.275. The van der Waals surface area contributed by atoms with Gasteiger partial charge in [0, 0.05) is 0 Å². The van der Waals surface area contributed by atoms with Crippen molar-refractivity contribution in [2.75, 3.05) is 0 Å². The highest BCUT2D eigenvalue weighted by molar-refractivity contribution is 6.69. The average molecular weight is 271 g/mol. The maximum Gasteiger partial charge on any atom is 0.182 e. The summed E-state index contributed by atoms with van der Waals surface area (Å²) in [5.41, 5.74) is 0. The van der Waals surface area contributed by atoms with E-state index in [0.29, 0.717) is 0 Å². The minimum Gasteiger partial charge on any atom is -0.432 e. The first-order valence-electron chi connectivity index (χ1n) is 7.93. The fraction of sp³-hybridized carbons (Fsp3) is 0.875. The van der Waals surface area contributed by atoms with Crippen molar-refractivity contribution in [3.05, 3.63) is 12.2 Å². The van der Waals surface area contributed by atoms with Crippen LogP contribution in [-0.4, -0.2) is 13.1 Å². The SMILES string of the molecule is CCCCCCCCC=CCCCC[Si](C)(C)O. The van der Waals surface area contributed by atoms with Crippen LogP contribution in [-0.2, 0) is 0 Å². The topological polar surface area (TPSA) is 20.2 Å². The Labute approximate surface area is 116 Å². The summed E-state index contributed by atoms with van der Waals surface area (Å²) in [6.07, 6.45) is 17.9. The molecule has 0 atom stereocenters. The third kappa shape index (κ3) is 15.9. The van der Waals surface area contributed by atoms with Gasteiger partial charge in [-0.2, -0.15) is 0 Å². The molecule has 0 aromatic heterocycles. The molecule has 0 heterocycles. The average Bonchev–Trinajstić information content (AvgIpc) is 2.29. The van der Waals surface area contributed by atoms with Crippen molar-refractivity contribution in [2.24, 2.45) is 0 Å². The molecule has 1 nitrogen and oxygen atoms in total. The molecule has 0 aliphatic heterocycles. The second-order valence-corrected chi connectivity index (χ2v) is 10.2. The molecule has 108 valence electrons. The van der Waals surface area contributed by atoms with E-state index in [4.69, 9.17) is 0 Å². The van der Waals surface area contributed by atoms with Crippen LogP contribution in [0, 0.1) is 0 Å². The summed E-state index contributed by atoms with van der Waals surface area (Å²) in [7, 11) is -1.78. The summed E-state index contributed by atoms with van der Waals surface area (Å²) in [6, 6.07) is 1.05. The van der Waals surface area contributed by atoms with E-state index < -0.39 is 8.32 Å². The van der Waals surface area contributed by atoms with Gasteiger partial charge < -0.3 is 4.80 Å². The van der Waals surface area contributed by atoms with Crippen molar-refractivity contribution in [2.45, 2.75) is 90.3 Å². The van der Waals surface area contributed by atoms with Crippen molar-refractivity contribution < 1.29 is 4.80 Å². The van der Waals surface area contributed by atoms with Crippen molar-refractivity contribution in [1.29, 1.82) is 0 Å². The molecule has 0 bridgehead atoms. The molecule has 18 heavy (non-hydrogen) atoms. The monoisotopic (exact) mass is 270 g/mol. The molecule has 0 amide bonds. The van der Waals surface area contributed by atoms with Gasteiger partial charge in [-0.15, -0.1) is 0 Å². The Kier molecular flexibility index (Phi) is 11.9. The highest BCUT2D eigenvalue weighted by atomic mass is 28.4. The molecule has 0 radical (unpaired) electrons. The van der Waals surface area contributed by atoms with Gasteiger partial charge in [0.2, 0.25) is 0 Å². The Balaban J connectivity index is 3.14. The normalized spacial score (nSPS) is 12.4. The Morgan fingerprint density at radius 1 is 0.778 bits per heavy atom. The van der Waals surface area contributed by atoms with Crippen molar-refractivity contribution in [3.8, 4) is 0 Å². The van der Waals surface area contributed by atoms with Gasteiger partial charge in [-0.05, 0) is 38.4 Å². The van der Waals surface area contributed by atoms with Crippen LogP contribution in [0.15, 0.2) is 12.2 Å². The zero-order valence-electron chi connectivity index (χ0n) is 12.9. The summed E-state index contributed by atoms with van der Waals surface area (Å²) in [6.45, 7) is 6.33. The Bertz CT molecular complexity index is 194. The summed E-state index contributed by atoms with van der Waals surface area (Å²) in [5, 5.41) is 0. The van der Waals surface area contributed by atoms with Crippen LogP contribution in [0.3, 0.4) is 0 Å². The van der Waals surface area contributed by atoms with Crippen LogP contribution in [0.2, 0.25) is 19.1 Å². The minimum absolute atomic E-state index is 1.05. The molecule has 0 unspecified atom stereocenters. The van der Waals surface area contributed by atoms with E-state index in [2.05, 4.69) is 19.1 Å². The molecule has 0 fully saturated rings. The van der Waals surface area contributed by atoms with E-state index in [9.17, 15) is 4.80 Å². The van der Waals surface area contributed by atoms with Crippen LogP contribution >= 0.6 is 0 Å². The van der Waals surface area contributed by atoms with Gasteiger partial charge in [0.1, 0.15) is 0 Å². The highest BCUT2D eigenvalue weighted by Crippen LogP contribution is 2.12. The maximum atomic E-state index is 9.70. The van der Waals surface area contributed by atoms with E-state index in [-0.39, 0.29) is 0 Å². The van der Waals surface area contributed by atoms with Crippen molar-refractivity contribution in [3.63, 3.8) is 0 Å². The zero-order valence-corrected chi connectivity index (χ0v) is 13.9. The molecule has 0 aromatic rings. The van der Waals surface area contributed by atoms with Gasteiger partial charge in [-0.25, -0.2) is 0 Å². The number of rotatable bonds is 12. The maximum absolute atomic E-state index is 9.70. The third-order valence-corrected chi connectivity index (χ3v) is 4.88. The first kappa shape index (κ1) is 17.9. The number of unbranched alkanes of at least 4 members (excludes halogenated alkanes) is 8. The standard InChI is InChI=1S/C16H34OSi/c1-4-5-6-7-8-9-10-11-12-13-14-15-16-18(2,3)17/h11-12,17H,4-10,13-16H2,1-3H3. The lowest BCUT2D eigenvalue weighted by atomic mass is 10.1. The second kappa shape index (κ2) is 12.0. The van der Waals surface area contributed by atoms with Crippen molar-refractivity contribution >= 4 is 8.32 Å². The Hall–Kier alpha value is -0.0831. The van der Waals surface area contributed by atoms with Crippen LogP contribution in [0.4, 0.5) is 0 Å². The van der Waals surface area contributed by atoms with Gasteiger partial charge in [-0.1, -0.05) is 64.0 Å². The van der Waals surface area contributed by atoms with E-state index >= 15 is 0 Å². The molecular weight excluding hydrogens is 236 g/mol. The molecule has 0 spiro atoms. The molecule has 0 rings (SSSR count). The predicted molar refractivity (Wildman–Crippen MR) is 85.5 cm³/mol. The molecular formula is C16H34OSi. The Morgan fingerprint density at radius 2 is 1.28 bits per heavy atom. The zero-order chi connectivity index (χ0) is 13.7. The molecule has 1 N–H and O–H groups in total.